The summed E-state index contributed by atoms with van der Waals surface area (Å²) in [5.74, 6) is 0.970. The summed E-state index contributed by atoms with van der Waals surface area (Å²) in [5, 5.41) is 0.758. The van der Waals surface area contributed by atoms with Crippen LogP contribution in [0.4, 0.5) is 0 Å². The van der Waals surface area contributed by atoms with Gasteiger partial charge < -0.3 is 9.63 Å². The van der Waals surface area contributed by atoms with Crippen LogP contribution >= 0.6 is 7.37 Å². The van der Waals surface area contributed by atoms with E-state index in [1.807, 2.05) is 26.0 Å². The second-order valence-electron chi connectivity index (χ2n) is 4.62. The van der Waals surface area contributed by atoms with E-state index in [-0.39, 0.29) is 0 Å². The monoisotopic (exact) mass is 260 g/mol. The van der Waals surface area contributed by atoms with Crippen molar-refractivity contribution in [3.8, 4) is 11.5 Å². The van der Waals surface area contributed by atoms with Gasteiger partial charge in [0, 0.05) is 0 Å². The molecule has 3 rings (SSSR count). The Morgan fingerprint density at radius 2 is 1.39 bits per heavy atom. The van der Waals surface area contributed by atoms with Gasteiger partial charge in [-0.05, 0) is 49.2 Å². The van der Waals surface area contributed by atoms with E-state index >= 15 is 0 Å². The minimum atomic E-state index is -3.53. The predicted molar refractivity (Wildman–Crippen MR) is 71.5 cm³/mol. The Hall–Kier alpha value is -1.57. The van der Waals surface area contributed by atoms with Crippen LogP contribution in [0.1, 0.15) is 11.1 Å². The highest BCUT2D eigenvalue weighted by Gasteiger charge is 2.35. The lowest BCUT2D eigenvalue weighted by atomic mass is 10.2. The Morgan fingerprint density at radius 3 is 1.83 bits per heavy atom. The van der Waals surface area contributed by atoms with Crippen LogP contribution in [-0.4, -0.2) is 4.89 Å². The fourth-order valence-corrected chi connectivity index (χ4v) is 3.79. The van der Waals surface area contributed by atoms with Crippen LogP contribution < -0.4 is 15.3 Å². The molecule has 0 amide bonds. The highest BCUT2D eigenvalue weighted by molar-refractivity contribution is 7.74. The highest BCUT2D eigenvalue weighted by atomic mass is 31.2. The number of hydrogen-bond donors (Lipinski definition) is 1. The summed E-state index contributed by atoms with van der Waals surface area (Å²) in [4.78, 5) is 10.3. The van der Waals surface area contributed by atoms with Gasteiger partial charge in [-0.25, -0.2) is 0 Å². The van der Waals surface area contributed by atoms with Gasteiger partial charge in [-0.3, -0.25) is 4.57 Å². The highest BCUT2D eigenvalue weighted by Crippen LogP contribution is 2.48. The summed E-state index contributed by atoms with van der Waals surface area (Å²) in [6.07, 6.45) is 0. The van der Waals surface area contributed by atoms with E-state index in [1.54, 1.807) is 24.3 Å². The van der Waals surface area contributed by atoms with Crippen LogP contribution in [0.2, 0.25) is 0 Å². The Labute approximate surface area is 105 Å². The van der Waals surface area contributed by atoms with Crippen LogP contribution in [0.5, 0.6) is 11.5 Å². The van der Waals surface area contributed by atoms with Gasteiger partial charge >= 0.3 is 0 Å². The van der Waals surface area contributed by atoms with Gasteiger partial charge in [0.15, 0.2) is 0 Å². The van der Waals surface area contributed by atoms with Crippen molar-refractivity contribution in [1.29, 1.82) is 0 Å². The third kappa shape index (κ3) is 1.59. The largest absolute Gasteiger partial charge is 0.456 e. The summed E-state index contributed by atoms with van der Waals surface area (Å²) in [7, 11) is -3.53. The molecule has 1 aliphatic heterocycles. The zero-order valence-corrected chi connectivity index (χ0v) is 11.1. The van der Waals surface area contributed by atoms with Gasteiger partial charge in [0.05, 0.1) is 10.6 Å². The summed E-state index contributed by atoms with van der Waals surface area (Å²) in [6, 6.07) is 10.6. The lowest BCUT2D eigenvalue weighted by molar-refractivity contribution is 0.465. The van der Waals surface area contributed by atoms with E-state index in [2.05, 4.69) is 0 Å². The van der Waals surface area contributed by atoms with Gasteiger partial charge in [-0.1, -0.05) is 12.1 Å². The molecule has 0 unspecified atom stereocenters. The molecule has 18 heavy (non-hydrogen) atoms. The van der Waals surface area contributed by atoms with Crippen LogP contribution in [0.3, 0.4) is 0 Å². The molecule has 0 aliphatic carbocycles. The molecule has 0 aromatic heterocycles. The minimum Gasteiger partial charge on any atom is -0.456 e. The van der Waals surface area contributed by atoms with E-state index in [0.717, 1.165) is 11.1 Å². The lowest BCUT2D eigenvalue weighted by Gasteiger charge is -2.25. The molecular weight excluding hydrogens is 247 g/mol. The molecule has 0 saturated heterocycles. The van der Waals surface area contributed by atoms with Crippen molar-refractivity contribution >= 4 is 18.0 Å². The Balaban J connectivity index is 2.29. The molecule has 0 atom stereocenters. The molecule has 2 aromatic carbocycles. The maximum atomic E-state index is 12.6. The summed E-state index contributed by atoms with van der Waals surface area (Å²) in [6.45, 7) is 3.86. The molecule has 1 aliphatic rings. The van der Waals surface area contributed by atoms with E-state index in [0.29, 0.717) is 22.1 Å². The van der Waals surface area contributed by atoms with Gasteiger partial charge in [-0.2, -0.15) is 0 Å². The predicted octanol–water partition coefficient (Wildman–Crippen LogP) is 2.63. The van der Waals surface area contributed by atoms with Crippen molar-refractivity contribution in [3.63, 3.8) is 0 Å². The Bertz CT molecular complexity index is 636. The molecular formula is C14H13O3P. The fraction of sp³-hybridized carbons (Fsp3) is 0.143. The molecule has 4 heteroatoms. The second-order valence-corrected chi connectivity index (χ2v) is 6.74. The first-order valence-corrected chi connectivity index (χ1v) is 7.37. The molecule has 1 N–H and O–H groups in total. The standard InChI is InChI=1S/C14H13O3P/c1-9-3-5-13-11(7-9)17-12-8-10(2)4-6-14(12)18(13,15)16/h3-8H,1-2H3,(H,15,16). The van der Waals surface area contributed by atoms with Gasteiger partial charge in [-0.15, -0.1) is 0 Å². The minimum absolute atomic E-state index is 0.379. The zero-order valence-electron chi connectivity index (χ0n) is 10.2. The third-order valence-corrected chi connectivity index (χ3v) is 5.15. The quantitative estimate of drug-likeness (QED) is 0.741. The van der Waals surface area contributed by atoms with Crippen LogP contribution in [0.25, 0.3) is 0 Å². The number of benzene rings is 2. The van der Waals surface area contributed by atoms with E-state index in [4.69, 9.17) is 4.74 Å². The smallest absolute Gasteiger partial charge is 0.266 e. The third-order valence-electron chi connectivity index (χ3n) is 3.10. The zero-order chi connectivity index (χ0) is 12.9. The van der Waals surface area contributed by atoms with Gasteiger partial charge in [0.1, 0.15) is 11.5 Å². The molecule has 3 nitrogen and oxygen atoms in total. The molecule has 1 heterocycles. The first-order valence-electron chi connectivity index (χ1n) is 5.71. The van der Waals surface area contributed by atoms with Crippen LogP contribution in [-0.2, 0) is 4.57 Å². The summed E-state index contributed by atoms with van der Waals surface area (Å²) in [5.41, 5.74) is 2.01. The molecule has 0 radical (unpaired) electrons. The summed E-state index contributed by atoms with van der Waals surface area (Å²) >= 11 is 0. The SMILES string of the molecule is Cc1ccc2c(c1)Oc1cc(C)ccc1P2(=O)O. The number of rotatable bonds is 0. The normalized spacial score (nSPS) is 15.5. The fourth-order valence-electron chi connectivity index (χ4n) is 2.16. The number of aryl methyl sites for hydroxylation is 2. The number of fused-ring (bicyclic) bond motifs is 2. The molecule has 0 spiro atoms. The van der Waals surface area contributed by atoms with Crippen molar-refractivity contribution < 1.29 is 14.2 Å². The van der Waals surface area contributed by atoms with Crippen molar-refractivity contribution in [2.45, 2.75) is 13.8 Å². The van der Waals surface area contributed by atoms with E-state index in [9.17, 15) is 9.46 Å². The summed E-state index contributed by atoms with van der Waals surface area (Å²) < 4.78 is 18.3. The molecule has 2 aromatic rings. The van der Waals surface area contributed by atoms with Crippen molar-refractivity contribution in [1.82, 2.24) is 0 Å². The second kappa shape index (κ2) is 3.71. The van der Waals surface area contributed by atoms with Crippen molar-refractivity contribution in [2.75, 3.05) is 0 Å². The van der Waals surface area contributed by atoms with E-state index in [1.165, 1.54) is 0 Å². The van der Waals surface area contributed by atoms with E-state index < -0.39 is 7.37 Å². The first-order chi connectivity index (χ1) is 8.48. The molecule has 0 bridgehead atoms. The maximum Gasteiger partial charge on any atom is 0.266 e. The average Bonchev–Trinajstić information content (AvgIpc) is 2.27. The molecule has 0 saturated carbocycles. The Kier molecular flexibility index (Phi) is 2.37. The van der Waals surface area contributed by atoms with Crippen LogP contribution in [0, 0.1) is 13.8 Å². The van der Waals surface area contributed by atoms with Gasteiger partial charge in [0.2, 0.25) is 0 Å². The first kappa shape index (κ1) is 11.5. The van der Waals surface area contributed by atoms with Gasteiger partial charge in [0.25, 0.3) is 7.37 Å². The maximum absolute atomic E-state index is 12.6. The average molecular weight is 260 g/mol. The van der Waals surface area contributed by atoms with Crippen molar-refractivity contribution in [2.24, 2.45) is 0 Å². The lowest BCUT2D eigenvalue weighted by Crippen LogP contribution is -2.24. The topological polar surface area (TPSA) is 46.5 Å². The van der Waals surface area contributed by atoms with Crippen LogP contribution in [0.15, 0.2) is 36.4 Å². The molecule has 0 fully saturated rings. The molecule has 92 valence electrons. The van der Waals surface area contributed by atoms with Crippen molar-refractivity contribution in [3.05, 3.63) is 47.5 Å². The number of hydrogen-bond acceptors (Lipinski definition) is 2. The number of ether oxygens (including phenoxy) is 1. The Morgan fingerprint density at radius 1 is 0.944 bits per heavy atom.